The molecule has 2 aliphatic rings. The van der Waals surface area contributed by atoms with Gasteiger partial charge in [-0.25, -0.2) is 0 Å². The third-order valence-corrected chi connectivity index (χ3v) is 4.34. The van der Waals surface area contributed by atoms with Gasteiger partial charge in [0.1, 0.15) is 0 Å². The van der Waals surface area contributed by atoms with Crippen LogP contribution in [-0.2, 0) is 9.59 Å². The molecule has 0 aromatic rings. The van der Waals surface area contributed by atoms with Gasteiger partial charge in [-0.3, -0.25) is 9.59 Å². The summed E-state index contributed by atoms with van der Waals surface area (Å²) in [5.74, 6) is -1.26. The van der Waals surface area contributed by atoms with Crippen LogP contribution in [-0.4, -0.2) is 35.6 Å². The van der Waals surface area contributed by atoms with Crippen LogP contribution in [0.3, 0.4) is 0 Å². The maximum Gasteiger partial charge on any atom is 0.308 e. The first-order chi connectivity index (χ1) is 9.16. The second kappa shape index (κ2) is 6.89. The zero-order valence-electron chi connectivity index (χ0n) is 11.4. The van der Waals surface area contributed by atoms with E-state index in [1.165, 1.54) is 12.8 Å². The standard InChI is InChI=1S/C14H24N2O3/c17-13(9-15-10-5-1-2-6-10)16-12-8-4-3-7-11(12)14(18)19/h10-12,15H,1-9H2,(H,16,17)(H,18,19). The van der Waals surface area contributed by atoms with Gasteiger partial charge in [-0.1, -0.05) is 25.7 Å². The minimum absolute atomic E-state index is 0.0648. The summed E-state index contributed by atoms with van der Waals surface area (Å²) in [6.07, 6.45) is 8.19. The molecule has 0 aromatic heterocycles. The van der Waals surface area contributed by atoms with E-state index >= 15 is 0 Å². The minimum Gasteiger partial charge on any atom is -0.481 e. The summed E-state index contributed by atoms with van der Waals surface area (Å²) in [5, 5.41) is 15.3. The molecule has 2 saturated carbocycles. The lowest BCUT2D eigenvalue weighted by atomic mass is 9.84. The van der Waals surface area contributed by atoms with Gasteiger partial charge in [-0.2, -0.15) is 0 Å². The molecule has 2 atom stereocenters. The maximum absolute atomic E-state index is 11.9. The highest BCUT2D eigenvalue weighted by Crippen LogP contribution is 2.24. The van der Waals surface area contributed by atoms with Crippen molar-refractivity contribution < 1.29 is 14.7 Å². The zero-order chi connectivity index (χ0) is 13.7. The van der Waals surface area contributed by atoms with Crippen LogP contribution >= 0.6 is 0 Å². The van der Waals surface area contributed by atoms with Crippen molar-refractivity contribution in [2.24, 2.45) is 5.92 Å². The van der Waals surface area contributed by atoms with Gasteiger partial charge in [0.25, 0.3) is 0 Å². The Morgan fingerprint density at radius 3 is 2.32 bits per heavy atom. The number of carbonyl (C=O) groups is 2. The number of carboxylic acids is 1. The number of hydrogen-bond acceptors (Lipinski definition) is 3. The van der Waals surface area contributed by atoms with Gasteiger partial charge in [-0.05, 0) is 25.7 Å². The van der Waals surface area contributed by atoms with E-state index in [1.54, 1.807) is 0 Å². The molecule has 108 valence electrons. The highest BCUT2D eigenvalue weighted by molar-refractivity contribution is 5.79. The van der Waals surface area contributed by atoms with Gasteiger partial charge in [0.05, 0.1) is 12.5 Å². The van der Waals surface area contributed by atoms with Crippen molar-refractivity contribution in [3.05, 3.63) is 0 Å². The van der Waals surface area contributed by atoms with E-state index in [-0.39, 0.29) is 11.9 Å². The SMILES string of the molecule is O=C(CNC1CCCC1)NC1CCCCC1C(=O)O. The Balaban J connectivity index is 1.74. The van der Waals surface area contributed by atoms with Crippen molar-refractivity contribution >= 4 is 11.9 Å². The molecule has 0 spiro atoms. The molecule has 2 aliphatic carbocycles. The van der Waals surface area contributed by atoms with Crippen molar-refractivity contribution in [2.75, 3.05) is 6.54 Å². The number of hydrogen-bond donors (Lipinski definition) is 3. The molecule has 0 aliphatic heterocycles. The van der Waals surface area contributed by atoms with Crippen molar-refractivity contribution in [2.45, 2.75) is 63.5 Å². The molecule has 5 heteroatoms. The van der Waals surface area contributed by atoms with Crippen molar-refractivity contribution in [1.29, 1.82) is 0 Å². The summed E-state index contributed by atoms with van der Waals surface area (Å²) in [5.41, 5.74) is 0. The van der Waals surface area contributed by atoms with E-state index in [0.717, 1.165) is 32.1 Å². The fourth-order valence-corrected chi connectivity index (χ4v) is 3.22. The fourth-order valence-electron chi connectivity index (χ4n) is 3.22. The van der Waals surface area contributed by atoms with Crippen LogP contribution in [0.1, 0.15) is 51.4 Å². The van der Waals surface area contributed by atoms with E-state index in [1.807, 2.05) is 0 Å². The van der Waals surface area contributed by atoms with Crippen molar-refractivity contribution in [3.63, 3.8) is 0 Å². The highest BCUT2D eigenvalue weighted by Gasteiger charge is 2.31. The van der Waals surface area contributed by atoms with Crippen molar-refractivity contribution in [1.82, 2.24) is 10.6 Å². The molecular weight excluding hydrogens is 244 g/mol. The second-order valence-electron chi connectivity index (χ2n) is 5.77. The van der Waals surface area contributed by atoms with E-state index < -0.39 is 11.9 Å². The lowest BCUT2D eigenvalue weighted by Gasteiger charge is -2.29. The quantitative estimate of drug-likeness (QED) is 0.702. The van der Waals surface area contributed by atoms with Crippen LogP contribution in [0.5, 0.6) is 0 Å². The van der Waals surface area contributed by atoms with Crippen LogP contribution < -0.4 is 10.6 Å². The first-order valence-electron chi connectivity index (χ1n) is 7.42. The molecule has 0 bridgehead atoms. The van der Waals surface area contributed by atoms with Crippen LogP contribution in [0.4, 0.5) is 0 Å². The second-order valence-corrected chi connectivity index (χ2v) is 5.77. The summed E-state index contributed by atoms with van der Waals surface area (Å²) in [6, 6.07) is 0.275. The van der Waals surface area contributed by atoms with E-state index in [9.17, 15) is 9.59 Å². The van der Waals surface area contributed by atoms with Gasteiger partial charge >= 0.3 is 5.97 Å². The summed E-state index contributed by atoms with van der Waals surface area (Å²) < 4.78 is 0. The zero-order valence-corrected chi connectivity index (χ0v) is 11.4. The Kier molecular flexibility index (Phi) is 5.19. The number of carboxylic acid groups (broad SMARTS) is 1. The summed E-state index contributed by atoms with van der Waals surface area (Å²) in [7, 11) is 0. The number of rotatable bonds is 5. The average Bonchev–Trinajstić information content (AvgIpc) is 2.90. The molecule has 0 aromatic carbocycles. The first kappa shape index (κ1) is 14.3. The Morgan fingerprint density at radius 1 is 1.00 bits per heavy atom. The Bertz CT molecular complexity index is 327. The maximum atomic E-state index is 11.9. The third kappa shape index (κ3) is 4.20. The van der Waals surface area contributed by atoms with E-state index in [0.29, 0.717) is 19.0 Å². The molecule has 2 rings (SSSR count). The summed E-state index contributed by atoms with van der Waals surface area (Å²) >= 11 is 0. The van der Waals surface area contributed by atoms with Crippen LogP contribution in [0, 0.1) is 5.92 Å². The van der Waals surface area contributed by atoms with Gasteiger partial charge < -0.3 is 15.7 Å². The number of aliphatic carboxylic acids is 1. The summed E-state index contributed by atoms with van der Waals surface area (Å²) in [4.78, 5) is 23.0. The highest BCUT2D eigenvalue weighted by atomic mass is 16.4. The lowest BCUT2D eigenvalue weighted by molar-refractivity contribution is -0.144. The number of amides is 1. The van der Waals surface area contributed by atoms with Crippen LogP contribution in [0.25, 0.3) is 0 Å². The minimum atomic E-state index is -0.784. The predicted octanol–water partition coefficient (Wildman–Crippen LogP) is 1.28. The molecule has 3 N–H and O–H groups in total. The van der Waals surface area contributed by atoms with Crippen molar-refractivity contribution in [3.8, 4) is 0 Å². The van der Waals surface area contributed by atoms with Crippen LogP contribution in [0.15, 0.2) is 0 Å². The molecule has 1 amide bonds. The molecular formula is C14H24N2O3. The smallest absolute Gasteiger partial charge is 0.308 e. The Morgan fingerprint density at radius 2 is 1.63 bits per heavy atom. The molecule has 0 saturated heterocycles. The normalized spacial score (nSPS) is 28.2. The topological polar surface area (TPSA) is 78.4 Å². The Labute approximate surface area is 114 Å². The molecule has 0 heterocycles. The molecule has 2 unspecified atom stereocenters. The number of carbonyl (C=O) groups excluding carboxylic acids is 1. The van der Waals surface area contributed by atoms with Gasteiger partial charge in [0.15, 0.2) is 0 Å². The molecule has 0 radical (unpaired) electrons. The Hall–Kier alpha value is -1.10. The van der Waals surface area contributed by atoms with Gasteiger partial charge in [0.2, 0.25) is 5.91 Å². The molecule has 19 heavy (non-hydrogen) atoms. The largest absolute Gasteiger partial charge is 0.481 e. The molecule has 2 fully saturated rings. The third-order valence-electron chi connectivity index (χ3n) is 4.34. The lowest BCUT2D eigenvalue weighted by Crippen LogP contribution is -2.48. The monoisotopic (exact) mass is 268 g/mol. The van der Waals surface area contributed by atoms with Gasteiger partial charge in [0, 0.05) is 12.1 Å². The van der Waals surface area contributed by atoms with Gasteiger partial charge in [-0.15, -0.1) is 0 Å². The molecule has 5 nitrogen and oxygen atoms in total. The van der Waals surface area contributed by atoms with E-state index in [2.05, 4.69) is 10.6 Å². The average molecular weight is 268 g/mol. The first-order valence-corrected chi connectivity index (χ1v) is 7.42. The fraction of sp³-hybridized carbons (Fsp3) is 0.857. The number of nitrogens with one attached hydrogen (secondary N) is 2. The van der Waals surface area contributed by atoms with E-state index in [4.69, 9.17) is 5.11 Å². The summed E-state index contributed by atoms with van der Waals surface area (Å²) in [6.45, 7) is 0.313. The predicted molar refractivity (Wildman–Crippen MR) is 71.8 cm³/mol. The van der Waals surface area contributed by atoms with Crippen LogP contribution in [0.2, 0.25) is 0 Å².